The van der Waals surface area contributed by atoms with Crippen LogP contribution in [0.5, 0.6) is 0 Å². The fourth-order valence-electron chi connectivity index (χ4n) is 1.12. The summed E-state index contributed by atoms with van der Waals surface area (Å²) < 4.78 is 0. The van der Waals surface area contributed by atoms with Crippen LogP contribution >= 0.6 is 0 Å². The molecule has 62 valence electrons. The molecule has 0 spiro atoms. The van der Waals surface area contributed by atoms with Gasteiger partial charge in [-0.2, -0.15) is 0 Å². The molecule has 1 aliphatic rings. The van der Waals surface area contributed by atoms with Crippen LogP contribution in [0, 0.1) is 0 Å². The van der Waals surface area contributed by atoms with Crippen LogP contribution in [0.1, 0.15) is 6.92 Å². The van der Waals surface area contributed by atoms with E-state index < -0.39 is 0 Å². The molecule has 1 heterocycles. The normalized spacial score (nSPS) is 23.6. The largest absolute Gasteiger partial charge is 0.398 e. The molecule has 3 N–H and O–H groups in total. The number of allylic oxidation sites excluding steroid dienone is 1. The quantitative estimate of drug-likeness (QED) is 0.596. The van der Waals surface area contributed by atoms with Gasteiger partial charge in [-0.3, -0.25) is 5.32 Å². The summed E-state index contributed by atoms with van der Waals surface area (Å²) in [7, 11) is 2.00. The molecular formula is C8H15N3. The van der Waals surface area contributed by atoms with E-state index >= 15 is 0 Å². The third-order valence-electron chi connectivity index (χ3n) is 1.68. The van der Waals surface area contributed by atoms with Gasteiger partial charge in [0, 0.05) is 18.9 Å². The maximum absolute atomic E-state index is 5.59. The van der Waals surface area contributed by atoms with Crippen LogP contribution in [-0.2, 0) is 0 Å². The van der Waals surface area contributed by atoms with Crippen LogP contribution in [0.2, 0.25) is 0 Å². The van der Waals surface area contributed by atoms with Crippen molar-refractivity contribution in [2.24, 2.45) is 5.73 Å². The average Bonchev–Trinajstić information content (AvgIpc) is 1.95. The van der Waals surface area contributed by atoms with Crippen molar-refractivity contribution in [2.75, 3.05) is 13.6 Å². The van der Waals surface area contributed by atoms with Crippen molar-refractivity contribution in [1.29, 1.82) is 0 Å². The molecular weight excluding hydrogens is 138 g/mol. The molecule has 3 heteroatoms. The fourth-order valence-corrected chi connectivity index (χ4v) is 1.12. The number of nitrogens with two attached hydrogens (primary N) is 1. The van der Waals surface area contributed by atoms with E-state index in [2.05, 4.69) is 23.2 Å². The first kappa shape index (κ1) is 8.14. The van der Waals surface area contributed by atoms with E-state index in [9.17, 15) is 0 Å². The molecule has 11 heavy (non-hydrogen) atoms. The van der Waals surface area contributed by atoms with Gasteiger partial charge in [-0.1, -0.05) is 6.92 Å². The van der Waals surface area contributed by atoms with E-state index in [4.69, 9.17) is 5.73 Å². The van der Waals surface area contributed by atoms with Gasteiger partial charge in [-0.25, -0.2) is 0 Å². The molecule has 0 saturated carbocycles. The molecule has 1 unspecified atom stereocenters. The van der Waals surface area contributed by atoms with Crippen molar-refractivity contribution in [3.05, 3.63) is 24.0 Å². The number of rotatable bonds is 2. The second-order valence-corrected chi connectivity index (χ2v) is 2.66. The molecule has 0 aliphatic carbocycles. The highest BCUT2D eigenvalue weighted by molar-refractivity contribution is 5.20. The summed E-state index contributed by atoms with van der Waals surface area (Å²) in [5, 5.41) is 3.29. The van der Waals surface area contributed by atoms with E-state index in [-0.39, 0.29) is 0 Å². The maximum atomic E-state index is 5.59. The zero-order valence-corrected chi connectivity index (χ0v) is 7.04. The Morgan fingerprint density at radius 1 is 1.73 bits per heavy atom. The minimum Gasteiger partial charge on any atom is -0.398 e. The smallest absolute Gasteiger partial charge is 0.0983 e. The summed E-state index contributed by atoms with van der Waals surface area (Å²) >= 11 is 0. The van der Waals surface area contributed by atoms with Crippen LogP contribution in [0.15, 0.2) is 24.0 Å². The number of hydrogen-bond donors (Lipinski definition) is 2. The molecule has 3 nitrogen and oxygen atoms in total. The van der Waals surface area contributed by atoms with Gasteiger partial charge in [0.25, 0.3) is 0 Å². The summed E-state index contributed by atoms with van der Waals surface area (Å²) in [4.78, 5) is 2.05. The highest BCUT2D eigenvalue weighted by Crippen LogP contribution is 2.05. The van der Waals surface area contributed by atoms with Crippen molar-refractivity contribution < 1.29 is 0 Å². The van der Waals surface area contributed by atoms with Gasteiger partial charge in [-0.05, 0) is 18.7 Å². The Bertz CT molecular complexity index is 184. The van der Waals surface area contributed by atoms with Gasteiger partial charge < -0.3 is 10.6 Å². The molecule has 0 bridgehead atoms. The highest BCUT2D eigenvalue weighted by Gasteiger charge is 2.09. The molecule has 0 aromatic carbocycles. The van der Waals surface area contributed by atoms with Crippen molar-refractivity contribution in [1.82, 2.24) is 10.2 Å². The molecule has 0 fully saturated rings. The van der Waals surface area contributed by atoms with E-state index in [1.165, 1.54) is 0 Å². The Morgan fingerprint density at radius 3 is 3.00 bits per heavy atom. The van der Waals surface area contributed by atoms with Crippen LogP contribution < -0.4 is 11.1 Å². The lowest BCUT2D eigenvalue weighted by Gasteiger charge is -2.27. The third kappa shape index (κ3) is 1.98. The lowest BCUT2D eigenvalue weighted by Crippen LogP contribution is -2.40. The Morgan fingerprint density at radius 2 is 2.45 bits per heavy atom. The third-order valence-corrected chi connectivity index (χ3v) is 1.68. The second-order valence-electron chi connectivity index (χ2n) is 2.66. The second kappa shape index (κ2) is 3.44. The molecule has 0 aromatic heterocycles. The van der Waals surface area contributed by atoms with Gasteiger partial charge >= 0.3 is 0 Å². The predicted octanol–water partition coefficient (Wildman–Crippen LogP) is 0.224. The van der Waals surface area contributed by atoms with E-state index in [1.54, 1.807) is 0 Å². The molecule has 0 aromatic rings. The Kier molecular flexibility index (Phi) is 2.54. The number of nitrogens with one attached hydrogen (secondary N) is 1. The topological polar surface area (TPSA) is 41.3 Å². The zero-order chi connectivity index (χ0) is 8.27. The summed E-state index contributed by atoms with van der Waals surface area (Å²) in [6.07, 6.45) is 6.20. The van der Waals surface area contributed by atoms with Gasteiger partial charge in [0.1, 0.15) is 0 Å². The van der Waals surface area contributed by atoms with Crippen molar-refractivity contribution >= 4 is 0 Å². The Balaban J connectivity index is 2.54. The first-order valence-corrected chi connectivity index (χ1v) is 3.85. The monoisotopic (exact) mass is 153 g/mol. The van der Waals surface area contributed by atoms with Gasteiger partial charge in [0.2, 0.25) is 0 Å². The standard InChI is InChI=1S/C8H15N3/c1-3-10-8-5-4-7(9)6-11(8)2/h4-6,8,10H,3,9H2,1-2H3. The van der Waals surface area contributed by atoms with Crippen molar-refractivity contribution in [2.45, 2.75) is 13.1 Å². The molecule has 0 amide bonds. The Labute approximate surface area is 67.6 Å². The molecule has 1 atom stereocenters. The molecule has 1 rings (SSSR count). The minimum atomic E-state index is 0.298. The van der Waals surface area contributed by atoms with Crippen LogP contribution in [0.3, 0.4) is 0 Å². The van der Waals surface area contributed by atoms with Crippen LogP contribution in [0.4, 0.5) is 0 Å². The summed E-state index contributed by atoms with van der Waals surface area (Å²) in [6.45, 7) is 3.05. The molecule has 0 radical (unpaired) electrons. The molecule has 1 aliphatic heterocycles. The van der Waals surface area contributed by atoms with E-state index in [0.717, 1.165) is 12.2 Å². The van der Waals surface area contributed by atoms with Gasteiger partial charge in [0.15, 0.2) is 0 Å². The molecule has 0 saturated heterocycles. The van der Waals surface area contributed by atoms with Crippen molar-refractivity contribution in [3.8, 4) is 0 Å². The lowest BCUT2D eigenvalue weighted by atomic mass is 10.2. The Hall–Kier alpha value is -0.960. The number of hydrogen-bond acceptors (Lipinski definition) is 3. The predicted molar refractivity (Wildman–Crippen MR) is 46.6 cm³/mol. The van der Waals surface area contributed by atoms with Gasteiger partial charge in [-0.15, -0.1) is 0 Å². The lowest BCUT2D eigenvalue weighted by molar-refractivity contribution is 0.327. The summed E-state index contributed by atoms with van der Waals surface area (Å²) in [5.41, 5.74) is 6.40. The SMILES string of the molecule is CCNC1C=CC(N)=CN1C. The summed E-state index contributed by atoms with van der Waals surface area (Å²) in [5.74, 6) is 0. The fraction of sp³-hybridized carbons (Fsp3) is 0.500. The first-order valence-electron chi connectivity index (χ1n) is 3.85. The van der Waals surface area contributed by atoms with Crippen LogP contribution in [0.25, 0.3) is 0 Å². The van der Waals surface area contributed by atoms with Crippen molar-refractivity contribution in [3.63, 3.8) is 0 Å². The van der Waals surface area contributed by atoms with Crippen LogP contribution in [-0.4, -0.2) is 24.7 Å². The summed E-state index contributed by atoms with van der Waals surface area (Å²) in [6, 6.07) is 0. The number of likely N-dealkylation sites (N-methyl/N-ethyl adjacent to an activating group) is 2. The minimum absolute atomic E-state index is 0.298. The average molecular weight is 153 g/mol. The number of nitrogens with zero attached hydrogens (tertiary/aromatic N) is 1. The highest BCUT2D eigenvalue weighted by atomic mass is 15.2. The maximum Gasteiger partial charge on any atom is 0.0983 e. The first-order chi connectivity index (χ1) is 5.24. The van der Waals surface area contributed by atoms with E-state index in [0.29, 0.717) is 6.17 Å². The van der Waals surface area contributed by atoms with E-state index in [1.807, 2.05) is 19.3 Å². The zero-order valence-electron chi connectivity index (χ0n) is 7.04. The van der Waals surface area contributed by atoms with Gasteiger partial charge in [0.05, 0.1) is 6.17 Å².